The zero-order valence-corrected chi connectivity index (χ0v) is 30.3. The number of carbonyl (C=O) groups excluding carboxylic acids is 1. The number of amides is 1. The van der Waals surface area contributed by atoms with Gasteiger partial charge < -0.3 is 14.6 Å². The lowest BCUT2D eigenvalue weighted by Crippen LogP contribution is -2.33. The second-order valence-corrected chi connectivity index (χ2v) is 20.6. The molecule has 7 nitrogen and oxygen atoms in total. The first-order chi connectivity index (χ1) is 22.4. The summed E-state index contributed by atoms with van der Waals surface area (Å²) in [7, 11) is -1.18. The third kappa shape index (κ3) is 8.98. The minimum Gasteiger partial charge on any atom is -0.361 e. The lowest BCUT2D eigenvalue weighted by molar-refractivity contribution is 0.0897. The smallest absolute Gasteiger partial charge is 0.251 e. The normalized spacial score (nSPS) is 14.6. The molecule has 5 rings (SSSR count). The number of piperidine rings is 1. The molecule has 0 bridgehead atoms. The Kier molecular flexibility index (Phi) is 11.0. The molecule has 1 aliphatic heterocycles. The molecular weight excluding hydrogens is 599 g/mol. The van der Waals surface area contributed by atoms with Crippen LogP contribution in [0.2, 0.25) is 25.7 Å². The van der Waals surface area contributed by atoms with Crippen molar-refractivity contribution in [1.29, 1.82) is 0 Å². The number of benzene rings is 2. The molecule has 3 heterocycles. The summed E-state index contributed by atoms with van der Waals surface area (Å²) < 4.78 is 8.38. The highest BCUT2D eigenvalue weighted by molar-refractivity contribution is 6.76. The van der Waals surface area contributed by atoms with Crippen LogP contribution in [0, 0.1) is 11.8 Å². The van der Waals surface area contributed by atoms with Gasteiger partial charge in [-0.2, -0.15) is 0 Å². The Labute approximate surface area is 282 Å². The Balaban J connectivity index is 1.35. The Bertz CT molecular complexity index is 1710. The molecule has 0 aliphatic carbocycles. The van der Waals surface area contributed by atoms with Crippen LogP contribution in [-0.2, 0) is 23.4 Å². The van der Waals surface area contributed by atoms with E-state index in [1.54, 1.807) is 6.33 Å². The number of ether oxygens (including phenoxy) is 1. The van der Waals surface area contributed by atoms with Crippen LogP contribution >= 0.6 is 0 Å². The summed E-state index contributed by atoms with van der Waals surface area (Å²) in [5.41, 5.74) is 7.19. The van der Waals surface area contributed by atoms with Crippen molar-refractivity contribution in [2.75, 3.05) is 26.2 Å². The SMILES string of the molecule is CC#CCN1CCC(c2cn(COCC[Si](C)(C)C)c3ncnc(-c4ccc(CNC(=O)c5ccc(C(C)(C)C)cc5)cc4)c23)CC1. The third-order valence-electron chi connectivity index (χ3n) is 9.11. The number of aromatic nitrogens is 3. The molecule has 1 aliphatic rings. The van der Waals surface area contributed by atoms with Crippen molar-refractivity contribution in [2.45, 2.75) is 90.8 Å². The summed E-state index contributed by atoms with van der Waals surface area (Å²) >= 11 is 0. The molecule has 0 spiro atoms. The number of carbonyl (C=O) groups is 1. The van der Waals surface area contributed by atoms with Crippen LogP contribution in [0.25, 0.3) is 22.3 Å². The van der Waals surface area contributed by atoms with Crippen LogP contribution < -0.4 is 5.32 Å². The number of hydrogen-bond donors (Lipinski definition) is 1. The van der Waals surface area contributed by atoms with Gasteiger partial charge in [0.2, 0.25) is 0 Å². The average Bonchev–Trinajstić information content (AvgIpc) is 3.43. The highest BCUT2D eigenvalue weighted by atomic mass is 28.3. The number of fused-ring (bicyclic) bond motifs is 1. The van der Waals surface area contributed by atoms with Crippen molar-refractivity contribution < 1.29 is 9.53 Å². The summed E-state index contributed by atoms with van der Waals surface area (Å²) in [5, 5.41) is 4.19. The molecule has 0 atom stereocenters. The highest BCUT2D eigenvalue weighted by Crippen LogP contribution is 2.38. The van der Waals surface area contributed by atoms with Gasteiger partial charge in [0.05, 0.1) is 12.2 Å². The lowest BCUT2D eigenvalue weighted by Gasteiger charge is -2.30. The van der Waals surface area contributed by atoms with Crippen molar-refractivity contribution >= 4 is 25.0 Å². The molecule has 4 aromatic rings. The van der Waals surface area contributed by atoms with Gasteiger partial charge in [-0.1, -0.05) is 82.7 Å². The van der Waals surface area contributed by atoms with Crippen LogP contribution in [-0.4, -0.2) is 59.7 Å². The first kappa shape index (κ1) is 34.6. The number of likely N-dealkylation sites (tertiary alicyclic amines) is 1. The molecule has 1 saturated heterocycles. The van der Waals surface area contributed by atoms with Gasteiger partial charge in [-0.15, -0.1) is 5.92 Å². The Hall–Kier alpha value is -3.77. The van der Waals surface area contributed by atoms with Crippen molar-refractivity contribution in [1.82, 2.24) is 24.8 Å². The van der Waals surface area contributed by atoms with E-state index in [9.17, 15) is 4.79 Å². The molecule has 0 saturated carbocycles. The van der Waals surface area contributed by atoms with E-state index in [2.05, 4.69) is 97.5 Å². The van der Waals surface area contributed by atoms with Gasteiger partial charge >= 0.3 is 0 Å². The fourth-order valence-corrected chi connectivity index (χ4v) is 6.86. The maximum Gasteiger partial charge on any atom is 0.251 e. The fourth-order valence-electron chi connectivity index (χ4n) is 6.10. The van der Waals surface area contributed by atoms with Crippen LogP contribution in [0.3, 0.4) is 0 Å². The van der Waals surface area contributed by atoms with Crippen molar-refractivity contribution in [2.24, 2.45) is 0 Å². The summed E-state index contributed by atoms with van der Waals surface area (Å²) in [6, 6.07) is 17.4. The van der Waals surface area contributed by atoms with E-state index >= 15 is 0 Å². The number of rotatable bonds is 11. The quantitative estimate of drug-likeness (QED) is 0.102. The standard InChI is InChI=1S/C39H51N5O2Si/c1-8-9-20-43-21-18-30(19-22-43)34-26-44(28-46-23-24-47(5,6)7)37-35(34)36(41-27-42-37)31-12-10-29(11-13-31)25-40-38(45)32-14-16-33(17-15-32)39(2,3)4/h10-17,26-27,30H,18-25,28H2,1-7H3,(H,40,45). The van der Waals surface area contributed by atoms with E-state index < -0.39 is 8.07 Å². The summed E-state index contributed by atoms with van der Waals surface area (Å²) in [6.07, 6.45) is 6.09. The minimum atomic E-state index is -1.18. The molecule has 2 aromatic heterocycles. The summed E-state index contributed by atoms with van der Waals surface area (Å²) in [5.74, 6) is 6.61. The van der Waals surface area contributed by atoms with E-state index in [-0.39, 0.29) is 11.3 Å². The molecule has 0 radical (unpaired) electrons. The molecular formula is C39H51N5O2Si. The maximum atomic E-state index is 12.9. The van der Waals surface area contributed by atoms with Crippen LogP contribution in [0.15, 0.2) is 61.1 Å². The van der Waals surface area contributed by atoms with Gasteiger partial charge in [0.15, 0.2) is 0 Å². The Morgan fingerprint density at radius 1 is 1.02 bits per heavy atom. The molecule has 1 fully saturated rings. The largest absolute Gasteiger partial charge is 0.361 e. The van der Waals surface area contributed by atoms with Gasteiger partial charge in [-0.05, 0) is 79.1 Å². The highest BCUT2D eigenvalue weighted by Gasteiger charge is 2.26. The van der Waals surface area contributed by atoms with Crippen molar-refractivity contribution in [3.8, 4) is 23.1 Å². The number of hydrogen-bond acceptors (Lipinski definition) is 5. The molecule has 8 heteroatoms. The lowest BCUT2D eigenvalue weighted by atomic mass is 9.87. The Morgan fingerprint density at radius 2 is 1.72 bits per heavy atom. The summed E-state index contributed by atoms with van der Waals surface area (Å²) in [6.45, 7) is 20.2. The zero-order valence-electron chi connectivity index (χ0n) is 29.3. The first-order valence-electron chi connectivity index (χ1n) is 16.9. The van der Waals surface area contributed by atoms with Gasteiger partial charge in [0.25, 0.3) is 5.91 Å². The predicted octanol–water partition coefficient (Wildman–Crippen LogP) is 7.84. The number of nitrogens with one attached hydrogen (secondary N) is 1. The second-order valence-electron chi connectivity index (χ2n) is 15.0. The van der Waals surface area contributed by atoms with Crippen LogP contribution in [0.1, 0.15) is 73.5 Å². The Morgan fingerprint density at radius 3 is 2.36 bits per heavy atom. The van der Waals surface area contributed by atoms with E-state index in [0.29, 0.717) is 24.8 Å². The first-order valence-corrected chi connectivity index (χ1v) is 20.6. The number of nitrogens with zero attached hydrogens (tertiary/aromatic N) is 4. The van der Waals surface area contributed by atoms with Crippen LogP contribution in [0.5, 0.6) is 0 Å². The van der Waals surface area contributed by atoms with Gasteiger partial charge in [0, 0.05) is 43.9 Å². The maximum absolute atomic E-state index is 12.9. The molecule has 1 N–H and O–H groups in total. The van der Waals surface area contributed by atoms with E-state index in [4.69, 9.17) is 14.7 Å². The van der Waals surface area contributed by atoms with Crippen molar-refractivity contribution in [3.63, 3.8) is 0 Å². The minimum absolute atomic E-state index is 0.0536. The van der Waals surface area contributed by atoms with E-state index in [0.717, 1.165) is 73.0 Å². The summed E-state index contributed by atoms with van der Waals surface area (Å²) in [4.78, 5) is 24.9. The second kappa shape index (κ2) is 15.0. The van der Waals surface area contributed by atoms with Gasteiger partial charge in [0.1, 0.15) is 18.7 Å². The van der Waals surface area contributed by atoms with Gasteiger partial charge in [-0.3, -0.25) is 9.69 Å². The molecule has 0 unspecified atom stereocenters. The predicted molar refractivity (Wildman–Crippen MR) is 195 cm³/mol. The van der Waals surface area contributed by atoms with Crippen LogP contribution in [0.4, 0.5) is 0 Å². The monoisotopic (exact) mass is 649 g/mol. The zero-order chi connectivity index (χ0) is 33.6. The molecule has 47 heavy (non-hydrogen) atoms. The molecule has 1 amide bonds. The van der Waals surface area contributed by atoms with Gasteiger partial charge in [-0.25, -0.2) is 9.97 Å². The topological polar surface area (TPSA) is 72.3 Å². The molecule has 248 valence electrons. The third-order valence-corrected chi connectivity index (χ3v) is 10.8. The van der Waals surface area contributed by atoms with Crippen molar-refractivity contribution in [3.05, 3.63) is 83.3 Å². The van der Waals surface area contributed by atoms with E-state index in [1.807, 2.05) is 31.2 Å². The molecule has 2 aromatic carbocycles. The fraction of sp³-hybridized carbons (Fsp3) is 0.462. The van der Waals surface area contributed by atoms with E-state index in [1.165, 1.54) is 11.1 Å². The average molecular weight is 650 g/mol.